The lowest BCUT2D eigenvalue weighted by molar-refractivity contribution is 0.170. The average molecular weight is 897 g/mol. The van der Waals surface area contributed by atoms with Crippen LogP contribution in [0.3, 0.4) is 0 Å². The summed E-state index contributed by atoms with van der Waals surface area (Å²) in [7, 11) is 0. The Morgan fingerprint density at radius 1 is 0.345 bits per heavy atom. The summed E-state index contributed by atoms with van der Waals surface area (Å²) in [5, 5.41) is 2.21. The first kappa shape index (κ1) is 35.9. The van der Waals surface area contributed by atoms with Gasteiger partial charge in [-0.05, 0) is 18.2 Å². The number of hydrogen-bond donors (Lipinski definition) is 0. The monoisotopic (exact) mass is 896 g/mol. The molecular formula is C41H36O11S6. The first-order chi connectivity index (χ1) is 28.4. The normalized spacial score (nSPS) is 17.5. The van der Waals surface area contributed by atoms with Crippen LogP contribution < -0.4 is 52.1 Å². The Bertz CT molecular complexity index is 2610. The van der Waals surface area contributed by atoms with Crippen LogP contribution in [0.5, 0.6) is 63.2 Å². The molecule has 12 heterocycles. The molecule has 0 N–H and O–H groups in total. The van der Waals surface area contributed by atoms with E-state index >= 15 is 0 Å². The smallest absolute Gasteiger partial charge is 0.181 e. The largest absolute Gasteiger partial charge is 0.492 e. The van der Waals surface area contributed by atoms with Crippen molar-refractivity contribution in [2.45, 2.75) is 39.0 Å². The van der Waals surface area contributed by atoms with Crippen molar-refractivity contribution < 1.29 is 52.1 Å². The van der Waals surface area contributed by atoms with E-state index in [1.807, 2.05) is 0 Å². The molecule has 302 valence electrons. The van der Waals surface area contributed by atoms with Gasteiger partial charge in [-0.25, -0.2) is 0 Å². The lowest BCUT2D eigenvalue weighted by atomic mass is 9.94. The second kappa shape index (κ2) is 13.8. The van der Waals surface area contributed by atoms with E-state index < -0.39 is 0 Å². The molecule has 12 rings (SSSR count). The van der Waals surface area contributed by atoms with Crippen LogP contribution in [0.25, 0.3) is 48.8 Å². The van der Waals surface area contributed by atoms with Crippen LogP contribution in [-0.4, -0.2) is 72.7 Å². The highest BCUT2D eigenvalue weighted by Crippen LogP contribution is 2.68. The lowest BCUT2D eigenvalue weighted by Gasteiger charge is -2.22. The number of aryl methyl sites for hydroxylation is 1. The van der Waals surface area contributed by atoms with Crippen molar-refractivity contribution in [1.29, 1.82) is 0 Å². The van der Waals surface area contributed by atoms with Gasteiger partial charge in [-0.2, -0.15) is 0 Å². The number of rotatable bonds is 5. The summed E-state index contributed by atoms with van der Waals surface area (Å²) < 4.78 is 70.4. The van der Waals surface area contributed by atoms with Gasteiger partial charge in [0.1, 0.15) is 71.8 Å². The second-order valence-electron chi connectivity index (χ2n) is 15.2. The summed E-state index contributed by atoms with van der Waals surface area (Å²) in [5.41, 5.74) is 1.12. The van der Waals surface area contributed by atoms with E-state index in [1.54, 1.807) is 68.0 Å². The highest BCUT2D eigenvalue weighted by Gasteiger charge is 2.41. The molecule has 0 radical (unpaired) electrons. The van der Waals surface area contributed by atoms with Gasteiger partial charge >= 0.3 is 0 Å². The standard InChI is InChI=1S/C41H36O11S6/c1-41(2,3)40-29-28(51-15-16-52-29)39(58-40)38-27-26(49-13-14-50-27)37(57-38)36-25-24(47-11-12-48-25)35(56-36)34-23-22(45-9-10-46-23)33(55-34)32-21-20(43-7-8-44-21)31(54-32)30-19-18(17-53-30)5-4-6-42-19/h17H,4-16H2,1-3H3. The maximum Gasteiger partial charge on any atom is 0.181 e. The third kappa shape index (κ3) is 5.49. The summed E-state index contributed by atoms with van der Waals surface area (Å²) in [5.74, 6) is 8.25. The Labute approximate surface area is 357 Å². The Hall–Kier alpha value is -4.00. The van der Waals surface area contributed by atoms with Gasteiger partial charge in [-0.15, -0.1) is 68.0 Å². The van der Waals surface area contributed by atoms with E-state index in [0.29, 0.717) is 101 Å². The molecular weight excluding hydrogens is 861 g/mol. The minimum Gasteiger partial charge on any atom is -0.492 e. The third-order valence-corrected chi connectivity index (χ3v) is 18.4. The molecule has 6 aliphatic rings. The van der Waals surface area contributed by atoms with Crippen LogP contribution in [0.15, 0.2) is 5.38 Å². The topological polar surface area (TPSA) is 102 Å². The predicted octanol–water partition coefficient (Wildman–Crippen LogP) is 10.9. The predicted molar refractivity (Wildman–Crippen MR) is 228 cm³/mol. The summed E-state index contributed by atoms with van der Waals surface area (Å²) in [4.78, 5) is 10.7. The van der Waals surface area contributed by atoms with E-state index in [4.69, 9.17) is 52.1 Å². The molecule has 0 unspecified atom stereocenters. The van der Waals surface area contributed by atoms with Crippen LogP contribution in [0, 0.1) is 0 Å². The molecule has 0 amide bonds. The molecule has 0 atom stereocenters. The maximum atomic E-state index is 6.50. The molecule has 58 heavy (non-hydrogen) atoms. The van der Waals surface area contributed by atoms with Crippen LogP contribution in [-0.2, 0) is 11.8 Å². The Morgan fingerprint density at radius 3 is 1.00 bits per heavy atom. The van der Waals surface area contributed by atoms with Crippen molar-refractivity contribution >= 4 is 68.0 Å². The van der Waals surface area contributed by atoms with Gasteiger partial charge in [0.05, 0.1) is 60.3 Å². The molecule has 0 saturated heterocycles. The van der Waals surface area contributed by atoms with Gasteiger partial charge in [0, 0.05) is 11.0 Å². The molecule has 0 aliphatic carbocycles. The van der Waals surface area contributed by atoms with Gasteiger partial charge in [0.25, 0.3) is 0 Å². The second-order valence-corrected chi connectivity index (χ2v) is 21.2. The summed E-state index contributed by atoms with van der Waals surface area (Å²) in [6.45, 7) is 11.9. The molecule has 0 fully saturated rings. The summed E-state index contributed by atoms with van der Waals surface area (Å²) in [6.07, 6.45) is 2.04. The number of fused-ring (bicyclic) bond motifs is 6. The van der Waals surface area contributed by atoms with Crippen molar-refractivity contribution in [2.24, 2.45) is 0 Å². The highest BCUT2D eigenvalue weighted by molar-refractivity contribution is 7.31. The fraction of sp³-hybridized carbons (Fsp3) is 0.415. The van der Waals surface area contributed by atoms with Gasteiger partial charge in [-0.1, -0.05) is 20.8 Å². The quantitative estimate of drug-likeness (QED) is 0.165. The third-order valence-electron chi connectivity index (χ3n) is 10.4. The molecule has 11 nitrogen and oxygen atoms in total. The Balaban J connectivity index is 1.02. The summed E-state index contributed by atoms with van der Waals surface area (Å²) in [6, 6.07) is 0. The van der Waals surface area contributed by atoms with Crippen molar-refractivity contribution in [3.05, 3.63) is 15.8 Å². The van der Waals surface area contributed by atoms with E-state index in [0.717, 1.165) is 101 Å². The average Bonchev–Trinajstić information content (AvgIpc) is 4.11. The summed E-state index contributed by atoms with van der Waals surface area (Å²) >= 11 is 9.91. The van der Waals surface area contributed by atoms with E-state index in [9.17, 15) is 0 Å². The lowest BCUT2D eigenvalue weighted by Crippen LogP contribution is -2.18. The fourth-order valence-electron chi connectivity index (χ4n) is 7.90. The molecule has 0 bridgehead atoms. The van der Waals surface area contributed by atoms with Gasteiger partial charge in [-0.3, -0.25) is 0 Å². The van der Waals surface area contributed by atoms with E-state index in [-0.39, 0.29) is 5.41 Å². The zero-order valence-corrected chi connectivity index (χ0v) is 36.6. The molecule has 17 heteroatoms. The first-order valence-corrected chi connectivity index (χ1v) is 24.3. The maximum absolute atomic E-state index is 6.50. The van der Waals surface area contributed by atoms with Gasteiger partial charge in [0.15, 0.2) is 57.5 Å². The van der Waals surface area contributed by atoms with Crippen LogP contribution >= 0.6 is 68.0 Å². The molecule has 6 aromatic heterocycles. The Morgan fingerprint density at radius 2 is 0.638 bits per heavy atom. The molecule has 6 aromatic rings. The van der Waals surface area contributed by atoms with Gasteiger partial charge in [0.2, 0.25) is 0 Å². The minimum absolute atomic E-state index is 0.135. The molecule has 0 saturated carbocycles. The fourth-order valence-corrected chi connectivity index (χ4v) is 15.6. The molecule has 6 aliphatic heterocycles. The van der Waals surface area contributed by atoms with Crippen LogP contribution in [0.1, 0.15) is 37.6 Å². The van der Waals surface area contributed by atoms with Crippen molar-refractivity contribution in [2.75, 3.05) is 72.7 Å². The van der Waals surface area contributed by atoms with Gasteiger partial charge < -0.3 is 52.1 Å². The first-order valence-electron chi connectivity index (χ1n) is 19.3. The number of ether oxygens (including phenoxy) is 11. The van der Waals surface area contributed by atoms with Crippen molar-refractivity contribution in [3.8, 4) is 112 Å². The van der Waals surface area contributed by atoms with Crippen LogP contribution in [0.4, 0.5) is 0 Å². The van der Waals surface area contributed by atoms with Crippen molar-refractivity contribution in [3.63, 3.8) is 0 Å². The Kier molecular flexibility index (Phi) is 8.53. The molecule has 0 spiro atoms. The number of hydrogen-bond acceptors (Lipinski definition) is 17. The van der Waals surface area contributed by atoms with E-state index in [2.05, 4.69) is 26.2 Å². The highest BCUT2D eigenvalue weighted by atomic mass is 32.1. The number of thiophene rings is 6. The van der Waals surface area contributed by atoms with Crippen LogP contribution in [0.2, 0.25) is 0 Å². The van der Waals surface area contributed by atoms with E-state index in [1.165, 1.54) is 5.56 Å². The van der Waals surface area contributed by atoms with Crippen molar-refractivity contribution in [1.82, 2.24) is 0 Å². The molecule has 0 aromatic carbocycles. The minimum atomic E-state index is -0.135. The zero-order valence-electron chi connectivity index (χ0n) is 31.7. The SMILES string of the molecule is CC(C)(C)c1sc(-c2sc(-c3sc(-c4sc(-c5sc(-c6scc7c6OCCC7)c6c5OCCO6)c5c4OCCO5)c4c3OCCO4)c3c2OCCO3)c2c1OCCO2. The zero-order chi connectivity index (χ0) is 38.7.